The van der Waals surface area contributed by atoms with Crippen molar-refractivity contribution in [3.05, 3.63) is 64.8 Å². The van der Waals surface area contributed by atoms with E-state index in [4.69, 9.17) is 18.9 Å². The Balaban J connectivity index is 1.84. The van der Waals surface area contributed by atoms with E-state index >= 15 is 0 Å². The van der Waals surface area contributed by atoms with Gasteiger partial charge in [0, 0.05) is 38.2 Å². The number of fused-ring (bicyclic) bond motifs is 4. The molecule has 1 fully saturated rings. The molecule has 6 atom stereocenters. The fraction of sp³-hybridized carbons (Fsp3) is 0.514. The molecule has 3 aliphatic carbocycles. The van der Waals surface area contributed by atoms with E-state index in [9.17, 15) is 24.0 Å². The molecule has 44 heavy (non-hydrogen) atoms. The Morgan fingerprint density at radius 3 is 2.11 bits per heavy atom. The molecule has 0 amide bonds. The average Bonchev–Trinajstić information content (AvgIpc) is 2.93. The zero-order valence-corrected chi connectivity index (χ0v) is 26.5. The maximum Gasteiger partial charge on any atom is 0.331 e. The lowest BCUT2D eigenvalue weighted by Gasteiger charge is -2.50. The zero-order chi connectivity index (χ0) is 32.4. The number of carbonyl (C=O) groups is 5. The van der Waals surface area contributed by atoms with E-state index in [0.29, 0.717) is 36.0 Å². The first-order valence-electron chi connectivity index (χ1n) is 15.0. The Hall–Kier alpha value is -4.01. The average molecular weight is 607 g/mol. The van der Waals surface area contributed by atoms with Crippen LogP contribution in [0.4, 0.5) is 0 Å². The van der Waals surface area contributed by atoms with Gasteiger partial charge in [0.1, 0.15) is 18.3 Å². The number of esters is 4. The van der Waals surface area contributed by atoms with Crippen LogP contribution in [0.1, 0.15) is 79.7 Å². The van der Waals surface area contributed by atoms with E-state index in [1.165, 1.54) is 26.8 Å². The minimum Gasteiger partial charge on any atom is -0.458 e. The summed E-state index contributed by atoms with van der Waals surface area (Å²) in [5, 5.41) is 0. The van der Waals surface area contributed by atoms with Gasteiger partial charge in [0.05, 0.1) is 0 Å². The van der Waals surface area contributed by atoms with Crippen molar-refractivity contribution in [2.45, 2.75) is 98.6 Å². The third-order valence-electron chi connectivity index (χ3n) is 9.20. The molecule has 4 rings (SSSR count). The summed E-state index contributed by atoms with van der Waals surface area (Å²) in [6, 6.07) is 9.36. The van der Waals surface area contributed by atoms with E-state index in [-0.39, 0.29) is 12.2 Å². The summed E-state index contributed by atoms with van der Waals surface area (Å²) in [4.78, 5) is 64.5. The SMILES string of the molecule is CC(=O)OC1CC2C(OC(C)=O)C=C3CC(C)(CCC3OC(=O)C=Cc3ccccc3)C(=O)C(OC(C)=O)C(=C1C)C2(C)C. The van der Waals surface area contributed by atoms with Gasteiger partial charge >= 0.3 is 23.9 Å². The lowest BCUT2D eigenvalue weighted by atomic mass is 9.57. The highest BCUT2D eigenvalue weighted by molar-refractivity contribution is 5.94. The van der Waals surface area contributed by atoms with E-state index in [1.54, 1.807) is 13.0 Å². The van der Waals surface area contributed by atoms with Gasteiger partial charge < -0.3 is 18.9 Å². The van der Waals surface area contributed by atoms with Crippen LogP contribution in [-0.2, 0) is 42.9 Å². The van der Waals surface area contributed by atoms with Crippen molar-refractivity contribution in [3.8, 4) is 0 Å². The quantitative estimate of drug-likeness (QED) is 0.180. The summed E-state index contributed by atoms with van der Waals surface area (Å²) in [6.45, 7) is 11.3. The maximum absolute atomic E-state index is 14.5. The Morgan fingerprint density at radius 2 is 1.50 bits per heavy atom. The highest BCUT2D eigenvalue weighted by Crippen LogP contribution is 2.53. The molecule has 0 saturated heterocycles. The maximum atomic E-state index is 14.5. The number of carbonyl (C=O) groups excluding carboxylic acids is 5. The van der Waals surface area contributed by atoms with Gasteiger partial charge in [-0.15, -0.1) is 0 Å². The summed E-state index contributed by atoms with van der Waals surface area (Å²) in [5.41, 5.74) is 0.867. The zero-order valence-electron chi connectivity index (χ0n) is 26.5. The second-order valence-corrected chi connectivity index (χ2v) is 12.9. The fourth-order valence-corrected chi connectivity index (χ4v) is 7.08. The van der Waals surface area contributed by atoms with Gasteiger partial charge in [0.2, 0.25) is 0 Å². The lowest BCUT2D eigenvalue weighted by molar-refractivity contribution is -0.160. The normalized spacial score (nSPS) is 29.8. The molecule has 6 unspecified atom stereocenters. The molecular formula is C35H42O9. The summed E-state index contributed by atoms with van der Waals surface area (Å²) >= 11 is 0. The van der Waals surface area contributed by atoms with Crippen molar-refractivity contribution < 1.29 is 42.9 Å². The molecule has 1 saturated carbocycles. The van der Waals surface area contributed by atoms with Crippen molar-refractivity contribution in [1.29, 1.82) is 0 Å². The Labute approximate surface area is 258 Å². The standard InChI is InChI=1S/C35H42O9/c1-20-28(41-21(2)36)18-26-29(42-22(3)37)17-25-19-35(7,33(40)32(43-23(4)38)31(20)34(26,5)6)16-15-27(25)44-30(39)14-13-24-11-9-8-10-12-24/h8-14,17,26-29,32H,15-16,18-19H2,1-7H3. The first-order valence-corrected chi connectivity index (χ1v) is 15.0. The van der Waals surface area contributed by atoms with Crippen LogP contribution in [0.5, 0.6) is 0 Å². The van der Waals surface area contributed by atoms with Crippen molar-refractivity contribution >= 4 is 35.7 Å². The minimum absolute atomic E-state index is 0.217. The number of hydrogen-bond donors (Lipinski definition) is 0. The monoisotopic (exact) mass is 606 g/mol. The minimum atomic E-state index is -1.24. The fourth-order valence-electron chi connectivity index (χ4n) is 7.08. The highest BCUT2D eigenvalue weighted by Gasteiger charge is 2.55. The number of benzene rings is 1. The van der Waals surface area contributed by atoms with Gasteiger partial charge in [0.15, 0.2) is 11.9 Å². The summed E-state index contributed by atoms with van der Waals surface area (Å²) in [7, 11) is 0. The first-order chi connectivity index (χ1) is 20.6. The van der Waals surface area contributed by atoms with Crippen LogP contribution >= 0.6 is 0 Å². The molecular weight excluding hydrogens is 564 g/mol. The van der Waals surface area contributed by atoms with Crippen molar-refractivity contribution in [1.82, 2.24) is 0 Å². The van der Waals surface area contributed by atoms with Crippen molar-refractivity contribution in [2.24, 2.45) is 16.7 Å². The van der Waals surface area contributed by atoms with Crippen molar-refractivity contribution in [3.63, 3.8) is 0 Å². The van der Waals surface area contributed by atoms with Crippen LogP contribution in [-0.4, -0.2) is 54.1 Å². The van der Waals surface area contributed by atoms with Crippen LogP contribution in [0, 0.1) is 16.7 Å². The molecule has 3 aliphatic rings. The van der Waals surface area contributed by atoms with Gasteiger partial charge in [-0.1, -0.05) is 51.1 Å². The molecule has 1 aromatic rings. The molecule has 4 bridgehead atoms. The molecule has 0 aliphatic heterocycles. The highest BCUT2D eigenvalue weighted by atomic mass is 16.6. The van der Waals surface area contributed by atoms with Crippen LogP contribution < -0.4 is 0 Å². The lowest BCUT2D eigenvalue weighted by Crippen LogP contribution is -2.53. The predicted molar refractivity (Wildman–Crippen MR) is 162 cm³/mol. The number of ether oxygens (including phenoxy) is 4. The second-order valence-electron chi connectivity index (χ2n) is 12.9. The van der Waals surface area contributed by atoms with Gasteiger partial charge in [0.25, 0.3) is 0 Å². The largest absolute Gasteiger partial charge is 0.458 e. The molecule has 0 radical (unpaired) electrons. The van der Waals surface area contributed by atoms with Crippen LogP contribution in [0.25, 0.3) is 6.08 Å². The van der Waals surface area contributed by atoms with Gasteiger partial charge in [-0.2, -0.15) is 0 Å². The first kappa shape index (κ1) is 32.9. The third kappa shape index (κ3) is 7.03. The number of rotatable bonds is 6. The molecule has 9 nitrogen and oxygen atoms in total. The summed E-state index contributed by atoms with van der Waals surface area (Å²) in [5.74, 6) is -2.93. The Morgan fingerprint density at radius 1 is 0.864 bits per heavy atom. The van der Waals surface area contributed by atoms with E-state index in [1.807, 2.05) is 57.2 Å². The van der Waals surface area contributed by atoms with Gasteiger partial charge in [-0.05, 0) is 72.5 Å². The van der Waals surface area contributed by atoms with E-state index in [2.05, 4.69) is 0 Å². The van der Waals surface area contributed by atoms with Gasteiger partial charge in [-0.3, -0.25) is 19.2 Å². The smallest absolute Gasteiger partial charge is 0.331 e. The summed E-state index contributed by atoms with van der Waals surface area (Å²) < 4.78 is 23.4. The Bertz CT molecular complexity index is 1420. The predicted octanol–water partition coefficient (Wildman–Crippen LogP) is 5.47. The number of hydrogen-bond acceptors (Lipinski definition) is 9. The molecule has 0 aromatic heterocycles. The van der Waals surface area contributed by atoms with Crippen LogP contribution in [0.2, 0.25) is 0 Å². The molecule has 1 aromatic carbocycles. The van der Waals surface area contributed by atoms with Crippen molar-refractivity contribution in [2.75, 3.05) is 0 Å². The number of ketones is 1. The third-order valence-corrected chi connectivity index (χ3v) is 9.20. The molecule has 0 heterocycles. The molecule has 0 N–H and O–H groups in total. The van der Waals surface area contributed by atoms with Crippen LogP contribution in [0.15, 0.2) is 59.2 Å². The number of Topliss-reactive ketones (excluding diaryl/α,β-unsaturated/α-hetero) is 1. The van der Waals surface area contributed by atoms with E-state index < -0.39 is 65.0 Å². The van der Waals surface area contributed by atoms with Gasteiger partial charge in [-0.25, -0.2) is 4.79 Å². The van der Waals surface area contributed by atoms with Crippen LogP contribution in [0.3, 0.4) is 0 Å². The second kappa shape index (κ2) is 12.9. The molecule has 9 heteroatoms. The van der Waals surface area contributed by atoms with E-state index in [0.717, 1.165) is 5.56 Å². The summed E-state index contributed by atoms with van der Waals surface area (Å²) in [6.07, 6.45) is 2.63. The topological polar surface area (TPSA) is 122 Å². The Kier molecular flexibility index (Phi) is 9.66. The molecule has 0 spiro atoms. The molecule has 236 valence electrons.